The molecule has 2 bridgehead atoms. The minimum absolute atomic E-state index is 0.170. The molecule has 0 radical (unpaired) electrons. The van der Waals surface area contributed by atoms with Crippen molar-refractivity contribution in [2.24, 2.45) is 0 Å². The number of carbonyl (C=O) groups excluding carboxylic acids is 4. The van der Waals surface area contributed by atoms with Crippen LogP contribution >= 0.6 is 0 Å². The van der Waals surface area contributed by atoms with Crippen LogP contribution in [0.5, 0.6) is 0 Å². The largest absolute Gasteiger partial charge is 0.750 e. The molecule has 13 heteroatoms. The average molecular weight is 449 g/mol. The summed E-state index contributed by atoms with van der Waals surface area (Å²) in [5.74, 6) is -3.19. The zero-order valence-electron chi connectivity index (χ0n) is 16.3. The first-order chi connectivity index (χ1) is 14.0. The molecule has 0 spiro atoms. The molecular formula is C17H21O12S-. The Hall–Kier alpha value is -2.35. The normalized spacial score (nSPS) is 30.2. The first kappa shape index (κ1) is 23.9. The third-order valence-corrected chi connectivity index (χ3v) is 5.03. The lowest BCUT2D eigenvalue weighted by molar-refractivity contribution is -0.177. The molecule has 2 saturated heterocycles. The van der Waals surface area contributed by atoms with Gasteiger partial charge in [-0.15, -0.1) is 0 Å². The Kier molecular flexibility index (Phi) is 7.69. The molecule has 5 unspecified atom stereocenters. The first-order valence-electron chi connectivity index (χ1n) is 8.75. The summed E-state index contributed by atoms with van der Waals surface area (Å²) in [7, 11) is 0. The van der Waals surface area contributed by atoms with Gasteiger partial charge in [0, 0.05) is 19.9 Å². The number of carbonyl (C=O) groups is 4. The molecule has 0 aromatic heterocycles. The van der Waals surface area contributed by atoms with Gasteiger partial charge in [0.1, 0.15) is 30.5 Å². The lowest BCUT2D eigenvalue weighted by Gasteiger charge is -2.37. The molecule has 0 aromatic rings. The molecule has 0 aliphatic carbocycles. The molecule has 2 heterocycles. The number of rotatable bonds is 10. The Balaban J connectivity index is 2.31. The Bertz CT molecular complexity index is 751. The maximum absolute atomic E-state index is 12.2. The molecule has 12 nitrogen and oxygen atoms in total. The van der Waals surface area contributed by atoms with E-state index in [1.807, 2.05) is 0 Å². The highest BCUT2D eigenvalue weighted by molar-refractivity contribution is 7.74. The second-order valence-corrected chi connectivity index (χ2v) is 7.34. The van der Waals surface area contributed by atoms with Crippen LogP contribution in [0.25, 0.3) is 0 Å². The standard InChI is InChI=1S/C17H22O12S/c1-4-12(20)24-7-13(21)27-14-15(28-30(22)23)17(9-26-11(3)19)6-5-16(14,29-17)8-25-10(2)18/h4,14-15H,1,5-9H2,2-3H3,(H,22,23)/p-1. The van der Waals surface area contributed by atoms with E-state index in [1.54, 1.807) is 0 Å². The minimum atomic E-state index is -3.04. The molecule has 2 rings (SSSR count). The van der Waals surface area contributed by atoms with Crippen molar-refractivity contribution >= 4 is 35.2 Å². The van der Waals surface area contributed by atoms with E-state index in [2.05, 4.69) is 11.3 Å². The Morgan fingerprint density at radius 3 is 2.07 bits per heavy atom. The van der Waals surface area contributed by atoms with Crippen molar-refractivity contribution in [3.63, 3.8) is 0 Å². The van der Waals surface area contributed by atoms with Gasteiger partial charge < -0.3 is 28.2 Å². The van der Waals surface area contributed by atoms with Gasteiger partial charge >= 0.3 is 23.9 Å². The summed E-state index contributed by atoms with van der Waals surface area (Å²) in [4.78, 5) is 45.9. The molecule has 0 N–H and O–H groups in total. The number of fused-ring (bicyclic) bond motifs is 2. The molecular weight excluding hydrogens is 428 g/mol. The number of esters is 4. The van der Waals surface area contributed by atoms with Crippen LogP contribution in [-0.4, -0.2) is 75.9 Å². The summed E-state index contributed by atoms with van der Waals surface area (Å²) in [6.45, 7) is 3.96. The van der Waals surface area contributed by atoms with Crippen molar-refractivity contribution in [1.29, 1.82) is 0 Å². The van der Waals surface area contributed by atoms with E-state index in [9.17, 15) is 27.9 Å². The van der Waals surface area contributed by atoms with Gasteiger partial charge in [0.2, 0.25) is 0 Å². The fourth-order valence-corrected chi connectivity index (χ4v) is 3.90. The number of hydrogen-bond donors (Lipinski definition) is 0. The van der Waals surface area contributed by atoms with Crippen molar-refractivity contribution in [3.8, 4) is 0 Å². The molecule has 2 fully saturated rings. The lowest BCUT2D eigenvalue weighted by atomic mass is 9.78. The fraction of sp³-hybridized carbons (Fsp3) is 0.647. The van der Waals surface area contributed by atoms with E-state index in [1.165, 1.54) is 0 Å². The lowest BCUT2D eigenvalue weighted by Crippen LogP contribution is -2.56. The van der Waals surface area contributed by atoms with Crippen LogP contribution in [-0.2, 0) is 58.4 Å². The van der Waals surface area contributed by atoms with Crippen LogP contribution in [0.3, 0.4) is 0 Å². The fourth-order valence-electron chi connectivity index (χ4n) is 3.45. The van der Waals surface area contributed by atoms with Gasteiger partial charge in [-0.25, -0.2) is 13.8 Å². The highest BCUT2D eigenvalue weighted by Gasteiger charge is 2.71. The maximum atomic E-state index is 12.2. The average Bonchev–Trinajstić information content (AvgIpc) is 3.16. The van der Waals surface area contributed by atoms with Crippen LogP contribution in [0.15, 0.2) is 12.7 Å². The van der Waals surface area contributed by atoms with Crippen molar-refractivity contribution in [2.45, 2.75) is 50.1 Å². The Morgan fingerprint density at radius 1 is 1.07 bits per heavy atom. The van der Waals surface area contributed by atoms with E-state index >= 15 is 0 Å². The van der Waals surface area contributed by atoms with Crippen molar-refractivity contribution in [2.75, 3.05) is 19.8 Å². The minimum Gasteiger partial charge on any atom is -0.750 e. The number of hydrogen-bond acceptors (Lipinski definition) is 12. The first-order valence-corrected chi connectivity index (χ1v) is 9.75. The van der Waals surface area contributed by atoms with Crippen molar-refractivity contribution in [1.82, 2.24) is 0 Å². The van der Waals surface area contributed by atoms with Crippen molar-refractivity contribution < 1.29 is 55.8 Å². The van der Waals surface area contributed by atoms with Gasteiger partial charge in [-0.2, -0.15) is 0 Å². The number of ether oxygens (including phenoxy) is 5. The molecule has 0 saturated carbocycles. The van der Waals surface area contributed by atoms with Gasteiger partial charge in [-0.05, 0) is 12.8 Å². The second-order valence-electron chi connectivity index (χ2n) is 6.74. The molecule has 168 valence electrons. The molecule has 2 aliphatic rings. The quantitative estimate of drug-likeness (QED) is 0.177. The summed E-state index contributed by atoms with van der Waals surface area (Å²) >= 11 is -3.04. The van der Waals surface area contributed by atoms with Gasteiger partial charge in [0.25, 0.3) is 0 Å². The third kappa shape index (κ3) is 5.41. The van der Waals surface area contributed by atoms with Gasteiger partial charge in [0.15, 0.2) is 12.7 Å². The maximum Gasteiger partial charge on any atom is 0.344 e. The van der Waals surface area contributed by atoms with E-state index in [0.717, 1.165) is 19.9 Å². The Labute approximate surface area is 174 Å². The summed E-state index contributed by atoms with van der Waals surface area (Å²) < 4.78 is 53.4. The van der Waals surface area contributed by atoms with Crippen LogP contribution in [0.4, 0.5) is 0 Å². The monoisotopic (exact) mass is 449 g/mol. The SMILES string of the molecule is C=CC(=O)OCC(=O)OC1C(OS(=O)[O-])C2(COC(C)=O)CCC1(COC(C)=O)O2. The predicted molar refractivity (Wildman–Crippen MR) is 93.9 cm³/mol. The van der Waals surface area contributed by atoms with Crippen LogP contribution in [0.2, 0.25) is 0 Å². The topological polar surface area (TPSA) is 164 Å². The summed E-state index contributed by atoms with van der Waals surface area (Å²) in [6, 6.07) is 0. The molecule has 0 amide bonds. The Morgan fingerprint density at radius 2 is 1.60 bits per heavy atom. The summed E-state index contributed by atoms with van der Waals surface area (Å²) in [5.41, 5.74) is -2.91. The highest BCUT2D eigenvalue weighted by Crippen LogP contribution is 2.54. The van der Waals surface area contributed by atoms with E-state index < -0.39 is 65.3 Å². The van der Waals surface area contributed by atoms with E-state index in [0.29, 0.717) is 0 Å². The zero-order chi connectivity index (χ0) is 22.5. The molecule has 0 aromatic carbocycles. The van der Waals surface area contributed by atoms with E-state index in [-0.39, 0.29) is 26.1 Å². The van der Waals surface area contributed by atoms with Crippen LogP contribution < -0.4 is 0 Å². The summed E-state index contributed by atoms with van der Waals surface area (Å²) in [6.07, 6.45) is -1.58. The van der Waals surface area contributed by atoms with Gasteiger partial charge in [-0.1, -0.05) is 6.58 Å². The van der Waals surface area contributed by atoms with E-state index in [4.69, 9.17) is 23.1 Å². The van der Waals surface area contributed by atoms with Gasteiger partial charge in [0.05, 0.1) is 11.4 Å². The zero-order valence-corrected chi connectivity index (χ0v) is 17.1. The molecule has 30 heavy (non-hydrogen) atoms. The van der Waals surface area contributed by atoms with Crippen LogP contribution in [0, 0.1) is 0 Å². The van der Waals surface area contributed by atoms with Crippen molar-refractivity contribution in [3.05, 3.63) is 12.7 Å². The smallest absolute Gasteiger partial charge is 0.344 e. The van der Waals surface area contributed by atoms with Gasteiger partial charge in [-0.3, -0.25) is 13.8 Å². The highest BCUT2D eigenvalue weighted by atomic mass is 32.2. The van der Waals surface area contributed by atoms with Crippen LogP contribution in [0.1, 0.15) is 26.7 Å². The predicted octanol–water partition coefficient (Wildman–Crippen LogP) is -0.765. The summed E-state index contributed by atoms with van der Waals surface area (Å²) in [5, 5.41) is 0. The second kappa shape index (κ2) is 9.64. The third-order valence-electron chi connectivity index (χ3n) is 4.67. The molecule has 5 atom stereocenters. The molecule has 2 aliphatic heterocycles.